The normalized spacial score (nSPS) is 19.4. The van der Waals surface area contributed by atoms with Crippen LogP contribution in [0.25, 0.3) is 5.52 Å². The summed E-state index contributed by atoms with van der Waals surface area (Å²) in [5, 5.41) is 0.883. The minimum atomic E-state index is 0.117. The first-order chi connectivity index (χ1) is 10.7. The van der Waals surface area contributed by atoms with E-state index in [2.05, 4.69) is 16.8 Å². The molecular formula is C17H21N3OS. The summed E-state index contributed by atoms with van der Waals surface area (Å²) in [6.07, 6.45) is 8.79. The monoisotopic (exact) mass is 315 g/mol. The van der Waals surface area contributed by atoms with Crippen LogP contribution in [0, 0.1) is 5.92 Å². The van der Waals surface area contributed by atoms with Gasteiger partial charge in [-0.05, 0) is 56.9 Å². The molecular weight excluding hydrogens is 294 g/mol. The van der Waals surface area contributed by atoms with Crippen LogP contribution in [0.3, 0.4) is 0 Å². The lowest BCUT2D eigenvalue weighted by atomic mass is 10.1. The molecule has 22 heavy (non-hydrogen) atoms. The molecule has 0 bridgehead atoms. The summed E-state index contributed by atoms with van der Waals surface area (Å²) < 4.78 is 2.02. The first kappa shape index (κ1) is 14.1. The number of fused-ring (bicyclic) bond motifs is 1. The molecule has 2 aliphatic rings. The van der Waals surface area contributed by atoms with E-state index in [0.717, 1.165) is 23.5 Å². The Hall–Kier alpha value is -1.49. The van der Waals surface area contributed by atoms with Gasteiger partial charge in [0.15, 0.2) is 10.9 Å². The first-order valence-electron chi connectivity index (χ1n) is 8.04. The maximum Gasteiger partial charge on any atom is 0.275 e. The summed E-state index contributed by atoms with van der Waals surface area (Å²) in [6.45, 7) is 2.21. The summed E-state index contributed by atoms with van der Waals surface area (Å²) in [6, 6.07) is 6.73. The first-order valence-corrected chi connectivity index (χ1v) is 9.27. The van der Waals surface area contributed by atoms with E-state index >= 15 is 0 Å². The maximum absolute atomic E-state index is 13.2. The van der Waals surface area contributed by atoms with Crippen LogP contribution in [0.1, 0.15) is 43.1 Å². The number of thioether (sulfide) groups is 1. The molecule has 2 fully saturated rings. The van der Waals surface area contributed by atoms with Gasteiger partial charge in [0.1, 0.15) is 0 Å². The topological polar surface area (TPSA) is 37.6 Å². The number of imidazole rings is 1. The molecule has 2 aromatic rings. The van der Waals surface area contributed by atoms with Gasteiger partial charge in [0, 0.05) is 18.3 Å². The van der Waals surface area contributed by atoms with Gasteiger partial charge in [-0.1, -0.05) is 17.8 Å². The van der Waals surface area contributed by atoms with Crippen LogP contribution >= 0.6 is 11.8 Å². The second-order valence-corrected chi connectivity index (χ2v) is 7.20. The second-order valence-electron chi connectivity index (χ2n) is 6.42. The Morgan fingerprint density at radius 1 is 1.36 bits per heavy atom. The fraction of sp³-hybridized carbons (Fsp3) is 0.529. The van der Waals surface area contributed by atoms with E-state index in [-0.39, 0.29) is 5.91 Å². The largest absolute Gasteiger partial charge is 0.331 e. The molecule has 1 amide bonds. The highest BCUT2D eigenvalue weighted by molar-refractivity contribution is 7.98. The molecule has 0 N–H and O–H groups in total. The number of hydrogen-bond donors (Lipinski definition) is 0. The van der Waals surface area contributed by atoms with Crippen LogP contribution in [0.2, 0.25) is 0 Å². The van der Waals surface area contributed by atoms with Crippen molar-refractivity contribution < 1.29 is 4.79 Å². The van der Waals surface area contributed by atoms with Gasteiger partial charge >= 0.3 is 0 Å². The average Bonchev–Trinajstić information content (AvgIpc) is 3.43. The average molecular weight is 315 g/mol. The molecule has 0 aromatic carbocycles. The van der Waals surface area contributed by atoms with Crippen molar-refractivity contribution in [2.24, 2.45) is 5.92 Å². The zero-order chi connectivity index (χ0) is 15.3. The molecule has 2 aliphatic carbocycles. The third-order valence-corrected chi connectivity index (χ3v) is 5.47. The van der Waals surface area contributed by atoms with Gasteiger partial charge in [0.05, 0.1) is 5.52 Å². The number of nitrogens with zero attached hydrogens (tertiary/aromatic N) is 3. The van der Waals surface area contributed by atoms with Gasteiger partial charge < -0.3 is 4.90 Å². The fourth-order valence-corrected chi connectivity index (χ4v) is 3.81. The fourth-order valence-electron chi connectivity index (χ4n) is 3.28. The predicted molar refractivity (Wildman–Crippen MR) is 88.4 cm³/mol. The van der Waals surface area contributed by atoms with Crippen LogP contribution in [0.4, 0.5) is 0 Å². The molecule has 1 unspecified atom stereocenters. The molecule has 0 aliphatic heterocycles. The molecule has 2 heterocycles. The van der Waals surface area contributed by atoms with Crippen molar-refractivity contribution in [2.75, 3.05) is 6.26 Å². The van der Waals surface area contributed by atoms with Crippen LogP contribution in [0.15, 0.2) is 29.6 Å². The summed E-state index contributed by atoms with van der Waals surface area (Å²) >= 11 is 1.58. The van der Waals surface area contributed by atoms with Gasteiger partial charge in [-0.15, -0.1) is 0 Å². The van der Waals surface area contributed by atoms with Crippen LogP contribution < -0.4 is 0 Å². The Bertz CT molecular complexity index is 718. The van der Waals surface area contributed by atoms with E-state index < -0.39 is 0 Å². The molecule has 4 rings (SSSR count). The van der Waals surface area contributed by atoms with E-state index in [9.17, 15) is 4.79 Å². The Kier molecular flexibility index (Phi) is 3.40. The second kappa shape index (κ2) is 5.30. The third-order valence-electron chi connectivity index (χ3n) is 4.82. The molecule has 0 spiro atoms. The molecule has 2 aromatic heterocycles. The number of carbonyl (C=O) groups is 1. The lowest BCUT2D eigenvalue weighted by Crippen LogP contribution is -2.41. The molecule has 2 saturated carbocycles. The quantitative estimate of drug-likeness (QED) is 0.793. The van der Waals surface area contributed by atoms with Gasteiger partial charge in [-0.25, -0.2) is 4.98 Å². The molecule has 4 nitrogen and oxygen atoms in total. The molecule has 5 heteroatoms. The predicted octanol–water partition coefficient (Wildman–Crippen LogP) is 3.46. The van der Waals surface area contributed by atoms with Crippen LogP contribution in [-0.4, -0.2) is 38.5 Å². The van der Waals surface area contributed by atoms with E-state index in [1.807, 2.05) is 35.1 Å². The molecule has 1 atom stereocenters. The number of aromatic nitrogens is 2. The van der Waals surface area contributed by atoms with E-state index in [4.69, 9.17) is 0 Å². The lowest BCUT2D eigenvalue weighted by Gasteiger charge is -2.29. The van der Waals surface area contributed by atoms with E-state index in [1.165, 1.54) is 12.8 Å². The van der Waals surface area contributed by atoms with Crippen molar-refractivity contribution >= 4 is 23.2 Å². The van der Waals surface area contributed by atoms with Gasteiger partial charge in [-0.3, -0.25) is 9.20 Å². The van der Waals surface area contributed by atoms with Gasteiger partial charge in [0.2, 0.25) is 0 Å². The van der Waals surface area contributed by atoms with Crippen molar-refractivity contribution in [1.82, 2.24) is 14.3 Å². The Morgan fingerprint density at radius 2 is 2.14 bits per heavy atom. The standard InChI is InChI=1S/C17H21N3OS/c1-11(12-6-7-12)20(13-8-9-13)16(21)15-14-5-3-4-10-19(14)17(18-15)22-2/h3-5,10-13H,6-9H2,1-2H3. The van der Waals surface area contributed by atoms with Crippen molar-refractivity contribution in [3.8, 4) is 0 Å². The number of carbonyl (C=O) groups excluding carboxylic acids is 1. The van der Waals surface area contributed by atoms with E-state index in [1.54, 1.807) is 11.8 Å². The van der Waals surface area contributed by atoms with Crippen molar-refractivity contribution in [2.45, 2.75) is 49.8 Å². The number of amides is 1. The molecule has 116 valence electrons. The Labute approximate surface area is 134 Å². The maximum atomic E-state index is 13.2. The zero-order valence-corrected chi connectivity index (χ0v) is 13.8. The highest BCUT2D eigenvalue weighted by Gasteiger charge is 2.42. The van der Waals surface area contributed by atoms with Gasteiger partial charge in [0.25, 0.3) is 5.91 Å². The lowest BCUT2D eigenvalue weighted by molar-refractivity contribution is 0.0650. The zero-order valence-electron chi connectivity index (χ0n) is 13.0. The number of pyridine rings is 1. The summed E-state index contributed by atoms with van der Waals surface area (Å²) in [7, 11) is 0. The highest BCUT2D eigenvalue weighted by Crippen LogP contribution is 2.40. The highest BCUT2D eigenvalue weighted by atomic mass is 32.2. The number of hydrogen-bond acceptors (Lipinski definition) is 3. The van der Waals surface area contributed by atoms with Gasteiger partial charge in [-0.2, -0.15) is 0 Å². The number of rotatable bonds is 5. The summed E-state index contributed by atoms with van der Waals surface area (Å²) in [4.78, 5) is 19.9. The van der Waals surface area contributed by atoms with Crippen LogP contribution in [0.5, 0.6) is 0 Å². The molecule has 0 saturated heterocycles. The minimum absolute atomic E-state index is 0.117. The smallest absolute Gasteiger partial charge is 0.275 e. The Morgan fingerprint density at radius 3 is 2.77 bits per heavy atom. The SMILES string of the molecule is CSc1nc(C(=O)N(C2CC2)C(C)C2CC2)c2ccccn12. The van der Waals surface area contributed by atoms with Crippen molar-refractivity contribution in [3.05, 3.63) is 30.1 Å². The van der Waals surface area contributed by atoms with Crippen LogP contribution in [-0.2, 0) is 0 Å². The van der Waals surface area contributed by atoms with Crippen molar-refractivity contribution in [1.29, 1.82) is 0 Å². The third kappa shape index (κ3) is 2.32. The van der Waals surface area contributed by atoms with Crippen molar-refractivity contribution in [3.63, 3.8) is 0 Å². The Balaban J connectivity index is 1.74. The molecule has 0 radical (unpaired) electrons. The summed E-state index contributed by atoms with van der Waals surface area (Å²) in [5.41, 5.74) is 1.54. The van der Waals surface area contributed by atoms with E-state index in [0.29, 0.717) is 23.7 Å². The summed E-state index contributed by atoms with van der Waals surface area (Å²) in [5.74, 6) is 0.810. The minimum Gasteiger partial charge on any atom is -0.331 e.